The van der Waals surface area contributed by atoms with E-state index in [2.05, 4.69) is 84.6 Å². The van der Waals surface area contributed by atoms with E-state index in [1.54, 1.807) is 0 Å². The molecule has 0 atom stereocenters. The van der Waals surface area contributed by atoms with E-state index in [1.165, 1.54) is 17.5 Å². The predicted molar refractivity (Wildman–Crippen MR) is 95.0 cm³/mol. The number of benzene rings is 2. The van der Waals surface area contributed by atoms with Crippen LogP contribution in [0.15, 0.2) is 60.7 Å². The Bertz CT molecular complexity index is 508. The van der Waals surface area contributed by atoms with Gasteiger partial charge >= 0.3 is 0 Å². The molecule has 0 N–H and O–H groups in total. The first kappa shape index (κ1) is 16.7. The number of rotatable bonds is 9. The Hall–Kier alpha value is -1.64. The fraction of sp³-hybridized carbons (Fsp3) is 0.400. The van der Waals surface area contributed by atoms with Crippen LogP contribution in [-0.4, -0.2) is 43.5 Å². The summed E-state index contributed by atoms with van der Waals surface area (Å²) in [4.78, 5) is 4.83. The normalized spacial score (nSPS) is 11.3. The van der Waals surface area contributed by atoms with Gasteiger partial charge in [0.2, 0.25) is 0 Å². The maximum Gasteiger partial charge on any atom is 0.0234 e. The number of likely N-dealkylation sites (N-methyl/N-ethyl adjacent to an activating group) is 1. The summed E-state index contributed by atoms with van der Waals surface area (Å²) >= 11 is 0. The van der Waals surface area contributed by atoms with Gasteiger partial charge < -0.3 is 4.90 Å². The summed E-state index contributed by atoms with van der Waals surface area (Å²) in [5.74, 6) is 0. The number of hydrogen-bond donors (Lipinski definition) is 0. The lowest BCUT2D eigenvalue weighted by Crippen LogP contribution is -2.32. The summed E-state index contributed by atoms with van der Waals surface area (Å²) in [6.45, 7) is 4.43. The first-order valence-corrected chi connectivity index (χ1v) is 8.19. The molecule has 0 aromatic heterocycles. The van der Waals surface area contributed by atoms with Crippen LogP contribution >= 0.6 is 0 Å². The molecule has 2 heteroatoms. The molecule has 2 aromatic carbocycles. The highest BCUT2D eigenvalue weighted by Crippen LogP contribution is 2.08. The van der Waals surface area contributed by atoms with Crippen LogP contribution in [0.4, 0.5) is 0 Å². The van der Waals surface area contributed by atoms with Gasteiger partial charge in [-0.1, -0.05) is 60.7 Å². The number of aryl methyl sites for hydroxylation is 1. The summed E-state index contributed by atoms with van der Waals surface area (Å²) in [6.07, 6.45) is 2.37. The van der Waals surface area contributed by atoms with Crippen LogP contribution in [-0.2, 0) is 13.0 Å². The minimum absolute atomic E-state index is 1.05. The zero-order chi connectivity index (χ0) is 15.6. The zero-order valence-corrected chi connectivity index (χ0v) is 13.9. The van der Waals surface area contributed by atoms with Gasteiger partial charge in [0.05, 0.1) is 0 Å². The summed E-state index contributed by atoms with van der Waals surface area (Å²) in [5, 5.41) is 0. The maximum absolute atomic E-state index is 2.57. The van der Waals surface area contributed by atoms with Crippen molar-refractivity contribution in [3.05, 3.63) is 71.8 Å². The van der Waals surface area contributed by atoms with E-state index in [0.717, 1.165) is 32.6 Å². The fourth-order valence-electron chi connectivity index (χ4n) is 2.60. The van der Waals surface area contributed by atoms with Gasteiger partial charge in [0.1, 0.15) is 0 Å². The summed E-state index contributed by atoms with van der Waals surface area (Å²) < 4.78 is 0. The van der Waals surface area contributed by atoms with E-state index >= 15 is 0 Å². The van der Waals surface area contributed by atoms with E-state index in [-0.39, 0.29) is 0 Å². The Morgan fingerprint density at radius 1 is 0.682 bits per heavy atom. The molecule has 118 valence electrons. The van der Waals surface area contributed by atoms with E-state index < -0.39 is 0 Å². The van der Waals surface area contributed by atoms with Crippen molar-refractivity contribution in [3.8, 4) is 0 Å². The third-order valence-corrected chi connectivity index (χ3v) is 3.90. The average molecular weight is 296 g/mol. The van der Waals surface area contributed by atoms with Crippen LogP contribution in [0.2, 0.25) is 0 Å². The van der Waals surface area contributed by atoms with Gasteiger partial charge in [-0.3, -0.25) is 4.90 Å². The summed E-state index contributed by atoms with van der Waals surface area (Å²) in [6, 6.07) is 21.6. The molecule has 0 saturated carbocycles. The van der Waals surface area contributed by atoms with Crippen molar-refractivity contribution in [1.82, 2.24) is 9.80 Å². The molecule has 0 unspecified atom stereocenters. The molecule has 0 amide bonds. The fourth-order valence-corrected chi connectivity index (χ4v) is 2.60. The molecule has 0 saturated heterocycles. The van der Waals surface area contributed by atoms with Crippen LogP contribution < -0.4 is 0 Å². The van der Waals surface area contributed by atoms with Crippen molar-refractivity contribution in [2.75, 3.05) is 33.7 Å². The van der Waals surface area contributed by atoms with Crippen LogP contribution in [0.3, 0.4) is 0 Å². The van der Waals surface area contributed by atoms with Gasteiger partial charge in [-0.15, -0.1) is 0 Å². The largest absolute Gasteiger partial charge is 0.308 e. The Kier molecular flexibility index (Phi) is 7.14. The Morgan fingerprint density at radius 2 is 1.27 bits per heavy atom. The van der Waals surface area contributed by atoms with Crippen LogP contribution in [0.25, 0.3) is 0 Å². The Labute approximate surface area is 135 Å². The van der Waals surface area contributed by atoms with Crippen molar-refractivity contribution in [3.63, 3.8) is 0 Å². The molecule has 2 aromatic rings. The highest BCUT2D eigenvalue weighted by Gasteiger charge is 2.06. The van der Waals surface area contributed by atoms with Crippen LogP contribution in [0.5, 0.6) is 0 Å². The second-order valence-corrected chi connectivity index (χ2v) is 6.15. The maximum atomic E-state index is 2.57. The third-order valence-electron chi connectivity index (χ3n) is 3.90. The standard InChI is InChI=1S/C20H28N2/c1-21(2)16-17-22(18-20-12-7-4-8-13-20)15-9-14-19-10-5-3-6-11-19/h3-8,10-13H,9,14-18H2,1-2H3. The minimum atomic E-state index is 1.05. The SMILES string of the molecule is CN(C)CCN(CCCc1ccccc1)Cc1ccccc1. The number of hydrogen-bond acceptors (Lipinski definition) is 2. The topological polar surface area (TPSA) is 6.48 Å². The van der Waals surface area contributed by atoms with Gasteiger partial charge in [0, 0.05) is 19.6 Å². The molecule has 22 heavy (non-hydrogen) atoms. The molecular weight excluding hydrogens is 268 g/mol. The van der Waals surface area contributed by atoms with Gasteiger partial charge in [-0.25, -0.2) is 0 Å². The number of nitrogens with zero attached hydrogens (tertiary/aromatic N) is 2. The predicted octanol–water partition coefficient (Wildman–Crippen LogP) is 3.68. The minimum Gasteiger partial charge on any atom is -0.308 e. The van der Waals surface area contributed by atoms with Crippen molar-refractivity contribution < 1.29 is 0 Å². The molecule has 0 bridgehead atoms. The smallest absolute Gasteiger partial charge is 0.0234 e. The molecule has 0 aliphatic carbocycles. The third kappa shape index (κ3) is 6.42. The van der Waals surface area contributed by atoms with E-state index in [4.69, 9.17) is 0 Å². The Balaban J connectivity index is 1.84. The van der Waals surface area contributed by atoms with Crippen molar-refractivity contribution in [2.45, 2.75) is 19.4 Å². The molecule has 0 spiro atoms. The lowest BCUT2D eigenvalue weighted by molar-refractivity contribution is 0.231. The summed E-state index contributed by atoms with van der Waals surface area (Å²) in [7, 11) is 4.29. The molecule has 0 aliphatic rings. The Morgan fingerprint density at radius 3 is 1.86 bits per heavy atom. The van der Waals surface area contributed by atoms with Crippen LogP contribution in [0.1, 0.15) is 17.5 Å². The molecule has 0 aliphatic heterocycles. The van der Waals surface area contributed by atoms with Gasteiger partial charge in [-0.05, 0) is 44.6 Å². The quantitative estimate of drug-likeness (QED) is 0.696. The lowest BCUT2D eigenvalue weighted by atomic mass is 10.1. The van der Waals surface area contributed by atoms with E-state index in [0.29, 0.717) is 0 Å². The highest BCUT2D eigenvalue weighted by molar-refractivity contribution is 5.15. The average Bonchev–Trinajstić information content (AvgIpc) is 2.54. The molecule has 2 rings (SSSR count). The zero-order valence-electron chi connectivity index (χ0n) is 13.9. The molecule has 0 radical (unpaired) electrons. The van der Waals surface area contributed by atoms with E-state index in [9.17, 15) is 0 Å². The molecule has 0 fully saturated rings. The van der Waals surface area contributed by atoms with Crippen molar-refractivity contribution >= 4 is 0 Å². The second kappa shape index (κ2) is 9.39. The second-order valence-electron chi connectivity index (χ2n) is 6.15. The molecule has 2 nitrogen and oxygen atoms in total. The molecule has 0 heterocycles. The van der Waals surface area contributed by atoms with Crippen LogP contribution in [0, 0.1) is 0 Å². The van der Waals surface area contributed by atoms with E-state index in [1.807, 2.05) is 0 Å². The monoisotopic (exact) mass is 296 g/mol. The van der Waals surface area contributed by atoms with Gasteiger partial charge in [-0.2, -0.15) is 0 Å². The van der Waals surface area contributed by atoms with Gasteiger partial charge in [0.25, 0.3) is 0 Å². The summed E-state index contributed by atoms with van der Waals surface area (Å²) in [5.41, 5.74) is 2.84. The lowest BCUT2D eigenvalue weighted by Gasteiger charge is -2.24. The molecular formula is C20H28N2. The van der Waals surface area contributed by atoms with Crippen molar-refractivity contribution in [1.29, 1.82) is 0 Å². The first-order chi connectivity index (χ1) is 10.7. The highest BCUT2D eigenvalue weighted by atomic mass is 15.2. The first-order valence-electron chi connectivity index (χ1n) is 8.19. The van der Waals surface area contributed by atoms with Crippen molar-refractivity contribution in [2.24, 2.45) is 0 Å². The van der Waals surface area contributed by atoms with Gasteiger partial charge in [0.15, 0.2) is 0 Å².